The molecule has 1 rings (SSSR count). The monoisotopic (exact) mass is 253 g/mol. The van der Waals surface area contributed by atoms with E-state index in [9.17, 15) is 0 Å². The Labute approximate surface area is 110 Å². The third-order valence-corrected chi connectivity index (χ3v) is 3.42. The third kappa shape index (κ3) is 4.42. The van der Waals surface area contributed by atoms with Gasteiger partial charge in [-0.2, -0.15) is 5.10 Å². The van der Waals surface area contributed by atoms with E-state index in [1.807, 2.05) is 18.7 Å². The molecule has 18 heavy (non-hydrogen) atoms. The van der Waals surface area contributed by atoms with Gasteiger partial charge in [0.1, 0.15) is 0 Å². The van der Waals surface area contributed by atoms with E-state index in [1.165, 1.54) is 5.56 Å². The Morgan fingerprint density at radius 2 is 2.17 bits per heavy atom. The second-order valence-corrected chi connectivity index (χ2v) is 5.94. The Hall–Kier alpha value is -0.870. The fourth-order valence-electron chi connectivity index (χ4n) is 2.23. The van der Waals surface area contributed by atoms with Gasteiger partial charge in [-0.05, 0) is 32.1 Å². The number of aliphatic hydroxyl groups is 1. The molecular formula is C14H27N3O. The summed E-state index contributed by atoms with van der Waals surface area (Å²) >= 11 is 0. The molecule has 1 aromatic heterocycles. The van der Waals surface area contributed by atoms with Crippen molar-refractivity contribution in [2.24, 2.45) is 12.5 Å². The summed E-state index contributed by atoms with van der Waals surface area (Å²) in [6.45, 7) is 9.91. The zero-order valence-electron chi connectivity index (χ0n) is 12.3. The SMILES string of the molecule is Cc1nn(C)cc1C(C)NCC(C)(C)CCCO. The van der Waals surface area contributed by atoms with Gasteiger partial charge in [-0.1, -0.05) is 13.8 Å². The van der Waals surface area contributed by atoms with Crippen LogP contribution in [0.3, 0.4) is 0 Å². The number of nitrogens with zero attached hydrogens (tertiary/aromatic N) is 2. The Morgan fingerprint density at radius 3 is 2.67 bits per heavy atom. The quantitative estimate of drug-likeness (QED) is 0.783. The van der Waals surface area contributed by atoms with Gasteiger partial charge < -0.3 is 10.4 Å². The molecule has 1 heterocycles. The first-order valence-corrected chi connectivity index (χ1v) is 6.70. The minimum absolute atomic E-state index is 0.215. The Morgan fingerprint density at radius 1 is 1.50 bits per heavy atom. The van der Waals surface area contributed by atoms with Gasteiger partial charge >= 0.3 is 0 Å². The van der Waals surface area contributed by atoms with E-state index in [1.54, 1.807) is 0 Å². The lowest BCUT2D eigenvalue weighted by Gasteiger charge is -2.27. The van der Waals surface area contributed by atoms with Crippen LogP contribution in [0.25, 0.3) is 0 Å². The van der Waals surface area contributed by atoms with Crippen molar-refractivity contribution in [2.45, 2.75) is 46.6 Å². The van der Waals surface area contributed by atoms with Crippen LogP contribution >= 0.6 is 0 Å². The molecule has 0 aliphatic rings. The maximum atomic E-state index is 8.89. The van der Waals surface area contributed by atoms with Crippen LogP contribution < -0.4 is 5.32 Å². The highest BCUT2D eigenvalue weighted by atomic mass is 16.2. The minimum atomic E-state index is 0.215. The Kier molecular flexibility index (Phi) is 5.35. The molecule has 0 bridgehead atoms. The van der Waals surface area contributed by atoms with Crippen LogP contribution in [0.15, 0.2) is 6.20 Å². The molecule has 0 saturated heterocycles. The summed E-state index contributed by atoms with van der Waals surface area (Å²) in [4.78, 5) is 0. The standard InChI is InChI=1S/C14H27N3O/c1-11(13-9-17(5)16-12(13)2)15-10-14(3,4)7-6-8-18/h9,11,15,18H,6-8,10H2,1-5H3. The van der Waals surface area contributed by atoms with E-state index in [4.69, 9.17) is 5.11 Å². The number of aromatic nitrogens is 2. The second kappa shape index (κ2) is 6.34. The molecule has 0 spiro atoms. The van der Waals surface area contributed by atoms with Crippen molar-refractivity contribution in [2.75, 3.05) is 13.2 Å². The fraction of sp³-hybridized carbons (Fsp3) is 0.786. The third-order valence-electron chi connectivity index (χ3n) is 3.42. The van der Waals surface area contributed by atoms with Crippen LogP contribution in [0.5, 0.6) is 0 Å². The molecular weight excluding hydrogens is 226 g/mol. The summed E-state index contributed by atoms with van der Waals surface area (Å²) in [6.07, 6.45) is 3.98. The highest BCUT2D eigenvalue weighted by Crippen LogP contribution is 2.23. The van der Waals surface area contributed by atoms with Crippen LogP contribution in [0.2, 0.25) is 0 Å². The van der Waals surface area contributed by atoms with Crippen LogP contribution in [0, 0.1) is 12.3 Å². The smallest absolute Gasteiger partial charge is 0.0641 e. The number of hydrogen-bond acceptors (Lipinski definition) is 3. The van der Waals surface area contributed by atoms with Crippen LogP contribution in [-0.4, -0.2) is 28.0 Å². The number of rotatable bonds is 7. The van der Waals surface area contributed by atoms with Gasteiger partial charge in [0.05, 0.1) is 5.69 Å². The summed E-state index contributed by atoms with van der Waals surface area (Å²) in [5.41, 5.74) is 2.56. The fourth-order valence-corrected chi connectivity index (χ4v) is 2.23. The van der Waals surface area contributed by atoms with Crippen molar-refractivity contribution in [3.05, 3.63) is 17.5 Å². The summed E-state index contributed by atoms with van der Waals surface area (Å²) in [6, 6.07) is 0.312. The predicted octanol–water partition coefficient (Wildman–Crippen LogP) is 2.18. The van der Waals surface area contributed by atoms with E-state index < -0.39 is 0 Å². The molecule has 1 atom stereocenters. The topological polar surface area (TPSA) is 50.1 Å². The highest BCUT2D eigenvalue weighted by Gasteiger charge is 2.19. The number of hydrogen-bond donors (Lipinski definition) is 2. The van der Waals surface area contributed by atoms with E-state index in [2.05, 4.69) is 37.4 Å². The molecule has 0 aliphatic carbocycles. The maximum absolute atomic E-state index is 8.89. The van der Waals surface area contributed by atoms with E-state index in [0.717, 1.165) is 25.1 Å². The summed E-state index contributed by atoms with van der Waals surface area (Å²) in [7, 11) is 1.95. The van der Waals surface area contributed by atoms with Gasteiger partial charge in [-0.25, -0.2) is 0 Å². The van der Waals surface area contributed by atoms with Crippen molar-refractivity contribution in [1.82, 2.24) is 15.1 Å². The number of aliphatic hydroxyl groups excluding tert-OH is 1. The molecule has 0 fully saturated rings. The molecule has 0 aliphatic heterocycles. The molecule has 0 saturated carbocycles. The Bertz CT molecular complexity index is 371. The largest absolute Gasteiger partial charge is 0.396 e. The average Bonchev–Trinajstić information content (AvgIpc) is 2.63. The van der Waals surface area contributed by atoms with Crippen molar-refractivity contribution >= 4 is 0 Å². The molecule has 1 unspecified atom stereocenters. The van der Waals surface area contributed by atoms with Crippen molar-refractivity contribution < 1.29 is 5.11 Å². The highest BCUT2D eigenvalue weighted by molar-refractivity contribution is 5.19. The average molecular weight is 253 g/mol. The first kappa shape index (κ1) is 15.2. The van der Waals surface area contributed by atoms with E-state index in [0.29, 0.717) is 6.04 Å². The van der Waals surface area contributed by atoms with E-state index in [-0.39, 0.29) is 12.0 Å². The lowest BCUT2D eigenvalue weighted by Crippen LogP contribution is -2.31. The van der Waals surface area contributed by atoms with E-state index >= 15 is 0 Å². The van der Waals surface area contributed by atoms with Gasteiger partial charge in [0.2, 0.25) is 0 Å². The second-order valence-electron chi connectivity index (χ2n) is 5.94. The molecule has 104 valence electrons. The van der Waals surface area contributed by atoms with Gasteiger partial charge in [0.15, 0.2) is 0 Å². The molecule has 0 amide bonds. The van der Waals surface area contributed by atoms with Crippen LogP contribution in [0.4, 0.5) is 0 Å². The van der Waals surface area contributed by atoms with Gasteiger partial charge in [-0.3, -0.25) is 4.68 Å². The van der Waals surface area contributed by atoms with Gasteiger partial charge in [0, 0.05) is 38.0 Å². The number of nitrogens with one attached hydrogen (secondary N) is 1. The molecule has 2 N–H and O–H groups in total. The number of aryl methyl sites for hydroxylation is 2. The predicted molar refractivity (Wildman–Crippen MR) is 74.5 cm³/mol. The molecule has 1 aromatic rings. The van der Waals surface area contributed by atoms with Crippen LogP contribution in [0.1, 0.15) is 50.9 Å². The summed E-state index contributed by atoms with van der Waals surface area (Å²) < 4.78 is 1.86. The Balaban J connectivity index is 2.50. The maximum Gasteiger partial charge on any atom is 0.0641 e. The molecule has 4 nitrogen and oxygen atoms in total. The zero-order valence-corrected chi connectivity index (χ0v) is 12.3. The summed E-state index contributed by atoms with van der Waals surface area (Å²) in [5, 5.41) is 16.8. The zero-order chi connectivity index (χ0) is 13.8. The first-order chi connectivity index (χ1) is 8.35. The van der Waals surface area contributed by atoms with Crippen molar-refractivity contribution in [3.8, 4) is 0 Å². The molecule has 0 radical (unpaired) electrons. The van der Waals surface area contributed by atoms with Crippen LogP contribution in [-0.2, 0) is 7.05 Å². The lowest BCUT2D eigenvalue weighted by atomic mass is 9.87. The molecule has 4 heteroatoms. The van der Waals surface area contributed by atoms with Gasteiger partial charge in [-0.15, -0.1) is 0 Å². The molecule has 0 aromatic carbocycles. The summed E-state index contributed by atoms with van der Waals surface area (Å²) in [5.74, 6) is 0. The minimum Gasteiger partial charge on any atom is -0.396 e. The normalized spacial score (nSPS) is 13.9. The van der Waals surface area contributed by atoms with Gasteiger partial charge in [0.25, 0.3) is 0 Å². The van der Waals surface area contributed by atoms with Crippen molar-refractivity contribution in [1.29, 1.82) is 0 Å². The van der Waals surface area contributed by atoms with Crippen molar-refractivity contribution in [3.63, 3.8) is 0 Å². The lowest BCUT2D eigenvalue weighted by molar-refractivity contribution is 0.233. The first-order valence-electron chi connectivity index (χ1n) is 6.70.